The highest BCUT2D eigenvalue weighted by Gasteiger charge is 2.12. The minimum Gasteiger partial charge on any atom is -0.364 e. The van der Waals surface area contributed by atoms with Gasteiger partial charge in [-0.15, -0.1) is 16.4 Å². The normalized spacial score (nSPS) is 10.4. The van der Waals surface area contributed by atoms with Gasteiger partial charge in [0.1, 0.15) is 15.6 Å². The number of thiazole rings is 1. The zero-order valence-electron chi connectivity index (χ0n) is 7.22. The fourth-order valence-electron chi connectivity index (χ4n) is 0.919. The molecule has 0 atom stereocenters. The molecule has 2 rings (SSSR count). The van der Waals surface area contributed by atoms with Crippen LogP contribution in [0.1, 0.15) is 16.2 Å². The van der Waals surface area contributed by atoms with E-state index in [1.807, 2.05) is 6.92 Å². The third-order valence-corrected chi connectivity index (χ3v) is 3.43. The molecule has 2 heterocycles. The number of hydrogen-bond donors (Lipinski definition) is 1. The molecule has 2 aromatic rings. The van der Waals surface area contributed by atoms with Crippen molar-refractivity contribution in [1.82, 2.24) is 14.6 Å². The van der Waals surface area contributed by atoms with Crippen molar-refractivity contribution < 1.29 is 4.79 Å². The van der Waals surface area contributed by atoms with Crippen molar-refractivity contribution in [3.63, 3.8) is 0 Å². The highest BCUT2D eigenvalue weighted by molar-refractivity contribution is 7.18. The molecule has 2 aromatic heterocycles. The van der Waals surface area contributed by atoms with Crippen LogP contribution in [0, 0.1) is 6.92 Å². The highest BCUT2D eigenvalue weighted by atomic mass is 32.1. The molecule has 0 radical (unpaired) electrons. The summed E-state index contributed by atoms with van der Waals surface area (Å²) in [6.45, 7) is 1.85. The number of aromatic nitrogens is 3. The van der Waals surface area contributed by atoms with Crippen molar-refractivity contribution in [3.8, 4) is 9.88 Å². The van der Waals surface area contributed by atoms with Gasteiger partial charge in [-0.3, -0.25) is 4.79 Å². The maximum Gasteiger partial charge on any atom is 0.268 e. The lowest BCUT2D eigenvalue weighted by atomic mass is 10.4. The standard InChI is InChI=1S/C7H6N4OS2/c1-3-5(14-11-10-3)7-9-4(2-13-7)6(8)12/h2H,1H3,(H2,8,12). The van der Waals surface area contributed by atoms with E-state index < -0.39 is 5.91 Å². The molecule has 0 aliphatic carbocycles. The first kappa shape index (κ1) is 9.22. The molecule has 14 heavy (non-hydrogen) atoms. The second kappa shape index (κ2) is 3.43. The largest absolute Gasteiger partial charge is 0.364 e. The van der Waals surface area contributed by atoms with Gasteiger partial charge in [-0.2, -0.15) is 0 Å². The number of primary amides is 1. The van der Waals surface area contributed by atoms with Gasteiger partial charge >= 0.3 is 0 Å². The Bertz CT molecular complexity index is 475. The van der Waals surface area contributed by atoms with Gasteiger partial charge in [0.25, 0.3) is 5.91 Å². The number of rotatable bonds is 2. The van der Waals surface area contributed by atoms with Crippen LogP contribution < -0.4 is 5.73 Å². The molecule has 0 aliphatic heterocycles. The first-order valence-electron chi connectivity index (χ1n) is 3.73. The molecule has 0 bridgehead atoms. The van der Waals surface area contributed by atoms with E-state index in [1.54, 1.807) is 5.38 Å². The van der Waals surface area contributed by atoms with Crippen molar-refractivity contribution in [3.05, 3.63) is 16.8 Å². The lowest BCUT2D eigenvalue weighted by molar-refractivity contribution is 0.0996. The number of amides is 1. The Kier molecular flexibility index (Phi) is 2.26. The lowest BCUT2D eigenvalue weighted by Crippen LogP contribution is -2.10. The molecule has 0 saturated heterocycles. The van der Waals surface area contributed by atoms with E-state index in [9.17, 15) is 4.79 Å². The fourth-order valence-corrected chi connectivity index (χ4v) is 2.51. The van der Waals surface area contributed by atoms with Crippen LogP contribution in [0.15, 0.2) is 5.38 Å². The first-order chi connectivity index (χ1) is 6.68. The van der Waals surface area contributed by atoms with E-state index in [2.05, 4.69) is 14.6 Å². The molecule has 0 saturated carbocycles. The van der Waals surface area contributed by atoms with Crippen LogP contribution in [0.5, 0.6) is 0 Å². The maximum absolute atomic E-state index is 10.8. The van der Waals surface area contributed by atoms with Crippen LogP contribution in [0.4, 0.5) is 0 Å². The molecule has 0 spiro atoms. The average molecular weight is 226 g/mol. The summed E-state index contributed by atoms with van der Waals surface area (Å²) in [5.41, 5.74) is 6.21. The molecule has 5 nitrogen and oxygen atoms in total. The quantitative estimate of drug-likeness (QED) is 0.830. The van der Waals surface area contributed by atoms with E-state index in [-0.39, 0.29) is 5.69 Å². The summed E-state index contributed by atoms with van der Waals surface area (Å²) in [7, 11) is 0. The third kappa shape index (κ3) is 1.51. The number of hydrogen-bond acceptors (Lipinski definition) is 6. The molecule has 0 fully saturated rings. The van der Waals surface area contributed by atoms with Gasteiger partial charge in [0, 0.05) is 5.38 Å². The van der Waals surface area contributed by atoms with Gasteiger partial charge < -0.3 is 5.73 Å². The van der Waals surface area contributed by atoms with Crippen molar-refractivity contribution in [2.24, 2.45) is 5.73 Å². The molecular weight excluding hydrogens is 220 g/mol. The zero-order chi connectivity index (χ0) is 10.1. The van der Waals surface area contributed by atoms with Gasteiger partial charge in [0.15, 0.2) is 0 Å². The minimum absolute atomic E-state index is 0.290. The molecule has 1 amide bonds. The summed E-state index contributed by atoms with van der Waals surface area (Å²) in [5.74, 6) is -0.511. The minimum atomic E-state index is -0.511. The molecular formula is C7H6N4OS2. The topological polar surface area (TPSA) is 81.8 Å². The lowest BCUT2D eigenvalue weighted by Gasteiger charge is -1.88. The van der Waals surface area contributed by atoms with Gasteiger partial charge in [-0.05, 0) is 18.5 Å². The Morgan fingerprint density at radius 3 is 2.86 bits per heavy atom. The molecule has 0 aliphatic rings. The van der Waals surface area contributed by atoms with Gasteiger partial charge in [0.2, 0.25) is 0 Å². The number of nitrogens with two attached hydrogens (primary N) is 1. The first-order valence-corrected chi connectivity index (χ1v) is 5.38. The number of nitrogens with zero attached hydrogens (tertiary/aromatic N) is 3. The maximum atomic E-state index is 10.8. The van der Waals surface area contributed by atoms with Crippen molar-refractivity contribution in [1.29, 1.82) is 0 Å². The van der Waals surface area contributed by atoms with Gasteiger partial charge in [-0.1, -0.05) is 4.49 Å². The van der Waals surface area contributed by atoms with Crippen LogP contribution in [-0.4, -0.2) is 20.5 Å². The Morgan fingerprint density at radius 2 is 2.36 bits per heavy atom. The monoisotopic (exact) mass is 226 g/mol. The van der Waals surface area contributed by atoms with Crippen molar-refractivity contribution >= 4 is 28.8 Å². The Morgan fingerprint density at radius 1 is 1.57 bits per heavy atom. The molecule has 72 valence electrons. The van der Waals surface area contributed by atoms with Gasteiger partial charge in [-0.25, -0.2) is 4.98 Å². The second-order valence-corrected chi connectivity index (χ2v) is 4.20. The summed E-state index contributed by atoms with van der Waals surface area (Å²) in [5, 5.41) is 6.24. The van der Waals surface area contributed by atoms with E-state index in [0.29, 0.717) is 0 Å². The van der Waals surface area contributed by atoms with Crippen LogP contribution in [0.3, 0.4) is 0 Å². The molecule has 0 unspecified atom stereocenters. The number of carbonyl (C=O) groups excluding carboxylic acids is 1. The summed E-state index contributed by atoms with van der Waals surface area (Å²) >= 11 is 2.63. The second-order valence-electron chi connectivity index (χ2n) is 2.59. The highest BCUT2D eigenvalue weighted by Crippen LogP contribution is 2.28. The van der Waals surface area contributed by atoms with Crippen molar-refractivity contribution in [2.75, 3.05) is 0 Å². The van der Waals surface area contributed by atoms with Crippen molar-refractivity contribution in [2.45, 2.75) is 6.92 Å². The molecule has 0 aromatic carbocycles. The van der Waals surface area contributed by atoms with E-state index in [1.165, 1.54) is 22.9 Å². The van der Waals surface area contributed by atoms with Crippen LogP contribution in [-0.2, 0) is 0 Å². The summed E-state index contributed by atoms with van der Waals surface area (Å²) in [6, 6.07) is 0. The summed E-state index contributed by atoms with van der Waals surface area (Å²) in [6.07, 6.45) is 0. The van der Waals surface area contributed by atoms with Crippen LogP contribution in [0.2, 0.25) is 0 Å². The SMILES string of the molecule is Cc1nnsc1-c1nc(C(N)=O)cs1. The smallest absolute Gasteiger partial charge is 0.268 e. The third-order valence-electron chi connectivity index (χ3n) is 1.60. The predicted octanol–water partition coefficient (Wildman–Crippen LogP) is 1.07. The molecule has 7 heteroatoms. The predicted molar refractivity (Wildman–Crippen MR) is 54.3 cm³/mol. The van der Waals surface area contributed by atoms with Crippen LogP contribution in [0.25, 0.3) is 9.88 Å². The molecule has 2 N–H and O–H groups in total. The zero-order valence-corrected chi connectivity index (χ0v) is 8.85. The van der Waals surface area contributed by atoms with E-state index in [0.717, 1.165) is 15.6 Å². The number of carbonyl (C=O) groups is 1. The average Bonchev–Trinajstić information content (AvgIpc) is 2.71. The van der Waals surface area contributed by atoms with E-state index >= 15 is 0 Å². The summed E-state index contributed by atoms with van der Waals surface area (Å²) < 4.78 is 3.79. The Hall–Kier alpha value is -1.34. The van der Waals surface area contributed by atoms with E-state index in [4.69, 9.17) is 5.73 Å². The fraction of sp³-hybridized carbons (Fsp3) is 0.143. The Balaban J connectivity index is 2.43. The van der Waals surface area contributed by atoms with Gasteiger partial charge in [0.05, 0.1) is 5.69 Å². The number of aryl methyl sites for hydroxylation is 1. The Labute approximate surface area is 87.8 Å². The van der Waals surface area contributed by atoms with Crippen LogP contribution >= 0.6 is 22.9 Å². The summed E-state index contributed by atoms with van der Waals surface area (Å²) in [4.78, 5) is 15.8.